The molecule has 1 fully saturated rings. The minimum absolute atomic E-state index is 0. The monoisotopic (exact) mass is 702 g/mol. The van der Waals surface area contributed by atoms with E-state index in [-0.39, 0.29) is 39.7 Å². The van der Waals surface area contributed by atoms with Crippen LogP contribution in [0.15, 0.2) is 121 Å². The summed E-state index contributed by atoms with van der Waals surface area (Å²) < 4.78 is 0. The average Bonchev–Trinajstić information content (AvgIpc) is 3.58. The molecule has 0 heterocycles. The van der Waals surface area contributed by atoms with E-state index in [0.29, 0.717) is 0 Å². The van der Waals surface area contributed by atoms with E-state index in [0.717, 1.165) is 5.92 Å². The van der Waals surface area contributed by atoms with E-state index in [4.69, 9.17) is 0 Å². The number of benzene rings is 4. The van der Waals surface area contributed by atoms with E-state index in [2.05, 4.69) is 140 Å². The Balaban J connectivity index is 0.000000346. The Morgan fingerprint density at radius 1 is 0.600 bits per heavy atom. The molecule has 1 saturated carbocycles. The maximum absolute atomic E-state index is 2.40. The first-order valence-electron chi connectivity index (χ1n) is 12.5. The zero-order chi connectivity index (χ0) is 24.9. The molecule has 206 valence electrons. The molecular formula is C36H36Cl2GeZr-4. The predicted molar refractivity (Wildman–Crippen MR) is 180 cm³/mol. The Bertz CT molecular complexity index is 1580. The molecule has 40 heavy (non-hydrogen) atoms. The van der Waals surface area contributed by atoms with E-state index >= 15 is 0 Å². The minimum Gasteiger partial charge on any atom is -0.164 e. The third-order valence-electron chi connectivity index (χ3n) is 6.89. The third-order valence-corrected chi connectivity index (χ3v) is 6.89. The summed E-state index contributed by atoms with van der Waals surface area (Å²) in [5.74, 6) is 0.834. The quantitative estimate of drug-likeness (QED) is 0.127. The molecule has 6 aromatic carbocycles. The Kier molecular flexibility index (Phi) is 15.5. The fourth-order valence-electron chi connectivity index (χ4n) is 5.03. The van der Waals surface area contributed by atoms with E-state index < -0.39 is 0 Å². The number of rotatable bonds is 3. The number of hydrogen-bond acceptors (Lipinski definition) is 0. The van der Waals surface area contributed by atoms with Gasteiger partial charge in [0.25, 0.3) is 0 Å². The molecule has 4 heteroatoms. The van der Waals surface area contributed by atoms with Crippen LogP contribution in [0.25, 0.3) is 43.8 Å². The Morgan fingerprint density at radius 3 is 1.52 bits per heavy atom. The molecule has 0 bridgehead atoms. The summed E-state index contributed by atoms with van der Waals surface area (Å²) in [6.45, 7) is 2.15. The summed E-state index contributed by atoms with van der Waals surface area (Å²) in [7, 11) is 0. The minimum atomic E-state index is 0. The molecule has 6 aromatic rings. The van der Waals surface area contributed by atoms with Crippen molar-refractivity contribution in [2.75, 3.05) is 0 Å². The third kappa shape index (κ3) is 8.33. The van der Waals surface area contributed by atoms with Crippen molar-refractivity contribution in [2.24, 2.45) is 0 Å². The fourth-order valence-corrected chi connectivity index (χ4v) is 5.03. The van der Waals surface area contributed by atoms with Crippen molar-refractivity contribution in [2.45, 2.75) is 25.7 Å². The zero-order valence-corrected chi connectivity index (χ0v) is 29.5. The molecule has 1 aliphatic rings. The van der Waals surface area contributed by atoms with Crippen molar-refractivity contribution in [3.8, 4) is 22.3 Å². The predicted octanol–water partition coefficient (Wildman–Crippen LogP) is 11.0. The van der Waals surface area contributed by atoms with Gasteiger partial charge in [0.2, 0.25) is 0 Å². The van der Waals surface area contributed by atoms with Crippen LogP contribution in [0, 0.1) is 21.8 Å². The zero-order valence-electron chi connectivity index (χ0n) is 23.4. The average molecular weight is 703 g/mol. The van der Waals surface area contributed by atoms with Crippen molar-refractivity contribution in [3.05, 3.63) is 147 Å². The number of halogens is 2. The normalized spacial score (nSPS) is 11.2. The van der Waals surface area contributed by atoms with E-state index in [1.165, 1.54) is 67.8 Å². The van der Waals surface area contributed by atoms with Gasteiger partial charge in [-0.3, -0.25) is 0 Å². The molecule has 0 N–H and O–H groups in total. The molecule has 0 unspecified atom stereocenters. The molecule has 0 aliphatic heterocycles. The first kappa shape index (κ1) is 36.1. The second-order valence-corrected chi connectivity index (χ2v) is 9.44. The first-order valence-corrected chi connectivity index (χ1v) is 19.9. The van der Waals surface area contributed by atoms with Crippen LogP contribution < -0.4 is 0 Å². The first-order chi connectivity index (χ1) is 17.8. The van der Waals surface area contributed by atoms with Gasteiger partial charge in [0.1, 0.15) is 0 Å². The van der Waals surface area contributed by atoms with Crippen molar-refractivity contribution >= 4 is 58.5 Å². The molecule has 7 rings (SSSR count). The van der Waals surface area contributed by atoms with E-state index in [1.807, 2.05) is 0 Å². The summed E-state index contributed by atoms with van der Waals surface area (Å²) in [4.78, 5) is 0. The van der Waals surface area contributed by atoms with Crippen LogP contribution in [0.2, 0.25) is 0 Å². The van der Waals surface area contributed by atoms with Crippen LogP contribution in [0.4, 0.5) is 0 Å². The standard InChI is InChI=1S/C18H15.C16H13.2CH3.2ClH.Ge.Zr/c1-2-5-14(6-3-1)17-8-4-7-15-11-16(12-18(15)17)13-9-10-13;1-12-10-14-8-5-9-15(16(14)11-12)13-6-3-2-4-7-13;;;;;;/h1-8,11-13H,9-10H2;2-11H,1H3;2*1H3;2*1H;;/q4*-1;;;;. The van der Waals surface area contributed by atoms with Crippen LogP contribution in [0.5, 0.6) is 0 Å². The Morgan fingerprint density at radius 2 is 1.05 bits per heavy atom. The van der Waals surface area contributed by atoms with Crippen LogP contribution >= 0.6 is 24.8 Å². The maximum atomic E-state index is 2.40. The summed E-state index contributed by atoms with van der Waals surface area (Å²) >= 11 is 3.64. The van der Waals surface area contributed by atoms with Gasteiger partial charge >= 0.3 is 33.7 Å². The molecule has 0 aromatic heterocycles. The van der Waals surface area contributed by atoms with Gasteiger partial charge < -0.3 is 14.9 Å². The second-order valence-electron chi connectivity index (χ2n) is 9.44. The molecule has 0 nitrogen and oxygen atoms in total. The SMILES string of the molecule is Cc1cc2c(-c3ccccc3)cccc2[cH-]1.Cl.Cl.[CH3-].[CH3-].[Ge]=[Zr].c1ccc(-c2cccc3[cH-]c(C4CC4)cc23)cc1. The van der Waals surface area contributed by atoms with Crippen molar-refractivity contribution in [3.63, 3.8) is 0 Å². The van der Waals surface area contributed by atoms with Crippen molar-refractivity contribution in [1.82, 2.24) is 0 Å². The van der Waals surface area contributed by atoms with Gasteiger partial charge in [-0.05, 0) is 29.9 Å². The molecule has 2 radical (unpaired) electrons. The molecule has 0 amide bonds. The smallest absolute Gasteiger partial charge is 0.0279 e. The topological polar surface area (TPSA) is 0 Å². The van der Waals surface area contributed by atoms with Crippen molar-refractivity contribution in [1.29, 1.82) is 0 Å². The van der Waals surface area contributed by atoms with Gasteiger partial charge in [-0.2, -0.15) is 12.1 Å². The van der Waals surface area contributed by atoms with Crippen molar-refractivity contribution < 1.29 is 21.6 Å². The van der Waals surface area contributed by atoms with Crippen LogP contribution in [-0.4, -0.2) is 12.1 Å². The molecule has 1 aliphatic carbocycles. The van der Waals surface area contributed by atoms with E-state index in [9.17, 15) is 0 Å². The summed E-state index contributed by atoms with van der Waals surface area (Å²) in [6.07, 6.45) is 2.74. The van der Waals surface area contributed by atoms with Gasteiger partial charge in [-0.1, -0.05) is 90.8 Å². The largest absolute Gasteiger partial charge is 0.164 e. The molecule has 0 atom stereocenters. The van der Waals surface area contributed by atoms with Crippen LogP contribution in [-0.2, 0) is 21.6 Å². The fraction of sp³-hybridized carbons (Fsp3) is 0.111. The molecular weight excluding hydrogens is 667 g/mol. The van der Waals surface area contributed by atoms with Gasteiger partial charge in [0.05, 0.1) is 0 Å². The Hall–Kier alpha value is -1.89. The number of hydrogen-bond donors (Lipinski definition) is 0. The summed E-state index contributed by atoms with van der Waals surface area (Å²) in [5.41, 5.74) is 8.16. The van der Waals surface area contributed by atoms with Gasteiger partial charge in [-0.15, -0.1) is 93.9 Å². The maximum Gasteiger partial charge on any atom is -0.0279 e. The summed E-state index contributed by atoms with van der Waals surface area (Å²) in [6, 6.07) is 43.6. The van der Waals surface area contributed by atoms with Crippen LogP contribution in [0.3, 0.4) is 0 Å². The molecule has 0 saturated heterocycles. The number of aryl methyl sites for hydroxylation is 1. The van der Waals surface area contributed by atoms with Gasteiger partial charge in [0, 0.05) is 0 Å². The van der Waals surface area contributed by atoms with Crippen LogP contribution in [0.1, 0.15) is 29.9 Å². The van der Waals surface area contributed by atoms with E-state index in [1.54, 1.807) is 21.6 Å². The second kappa shape index (κ2) is 17.2. The van der Waals surface area contributed by atoms with Gasteiger partial charge in [0.15, 0.2) is 0 Å². The van der Waals surface area contributed by atoms with Gasteiger partial charge in [-0.25, -0.2) is 0 Å². The Labute approximate surface area is 273 Å². The summed E-state index contributed by atoms with van der Waals surface area (Å²) in [5, 5.41) is 5.48. The molecule has 0 spiro atoms. The number of fused-ring (bicyclic) bond motifs is 2.